The molecule has 0 radical (unpaired) electrons. The molecule has 1 aliphatic rings. The third-order valence-corrected chi connectivity index (χ3v) is 4.69. The molecule has 0 atom stereocenters. The van der Waals surface area contributed by atoms with Crippen molar-refractivity contribution in [3.05, 3.63) is 11.1 Å². The van der Waals surface area contributed by atoms with Gasteiger partial charge in [-0.1, -0.05) is 6.92 Å². The molecule has 2 heterocycles. The quantitative estimate of drug-likeness (QED) is 0.763. The van der Waals surface area contributed by atoms with Crippen molar-refractivity contribution < 1.29 is 14.3 Å². The summed E-state index contributed by atoms with van der Waals surface area (Å²) >= 11 is 1.43. The van der Waals surface area contributed by atoms with E-state index in [4.69, 9.17) is 4.74 Å². The number of aryl methyl sites for hydroxylation is 1. The number of nitrogens with one attached hydrogen (secondary N) is 1. The molecular formula is C16H26N4O3S. The second kappa shape index (κ2) is 9.71. The van der Waals surface area contributed by atoms with Crippen molar-refractivity contribution in [1.29, 1.82) is 0 Å². The maximum atomic E-state index is 12.2. The Morgan fingerprint density at radius 3 is 2.79 bits per heavy atom. The van der Waals surface area contributed by atoms with Crippen molar-refractivity contribution in [2.45, 2.75) is 26.7 Å². The molecule has 0 bridgehead atoms. The lowest BCUT2D eigenvalue weighted by atomic mass is 10.3. The second-order valence-corrected chi connectivity index (χ2v) is 7.04. The second-order valence-electron chi connectivity index (χ2n) is 5.80. The van der Waals surface area contributed by atoms with Crippen molar-refractivity contribution in [3.8, 4) is 0 Å². The zero-order chi connectivity index (χ0) is 17.4. The molecular weight excluding hydrogens is 328 g/mol. The fourth-order valence-corrected chi connectivity index (χ4v) is 3.25. The molecule has 0 spiro atoms. The molecule has 1 aromatic rings. The Balaban J connectivity index is 1.78. The van der Waals surface area contributed by atoms with Crippen molar-refractivity contribution in [1.82, 2.24) is 14.8 Å². The van der Waals surface area contributed by atoms with Crippen LogP contribution < -0.4 is 5.32 Å². The summed E-state index contributed by atoms with van der Waals surface area (Å²) in [4.78, 5) is 33.4. The van der Waals surface area contributed by atoms with Gasteiger partial charge in [-0.3, -0.25) is 14.5 Å². The highest BCUT2D eigenvalue weighted by molar-refractivity contribution is 7.15. The fourth-order valence-electron chi connectivity index (χ4n) is 2.57. The summed E-state index contributed by atoms with van der Waals surface area (Å²) in [5.74, 6) is -0.194. The van der Waals surface area contributed by atoms with Gasteiger partial charge in [-0.05, 0) is 13.3 Å². The maximum Gasteiger partial charge on any atom is 0.245 e. The lowest BCUT2D eigenvalue weighted by molar-refractivity contribution is -0.134. The molecule has 1 N–H and O–H groups in total. The van der Waals surface area contributed by atoms with Crippen LogP contribution in [-0.4, -0.2) is 72.5 Å². The number of carbonyl (C=O) groups excluding carboxylic acids is 2. The SMILES string of the molecule is CCC(=O)N(CCCN1CCOCC1)CC(=O)Nc1ncc(C)s1. The van der Waals surface area contributed by atoms with E-state index in [1.54, 1.807) is 11.1 Å². The highest BCUT2D eigenvalue weighted by Gasteiger charge is 2.17. The number of aromatic nitrogens is 1. The minimum absolute atomic E-state index is 0.00227. The number of thiazole rings is 1. The number of anilines is 1. The highest BCUT2D eigenvalue weighted by Crippen LogP contribution is 2.16. The Morgan fingerprint density at radius 1 is 1.42 bits per heavy atom. The zero-order valence-electron chi connectivity index (χ0n) is 14.4. The molecule has 8 heteroatoms. The van der Waals surface area contributed by atoms with Crippen molar-refractivity contribution in [2.75, 3.05) is 51.3 Å². The Morgan fingerprint density at radius 2 is 2.17 bits per heavy atom. The summed E-state index contributed by atoms with van der Waals surface area (Å²) in [7, 11) is 0. The first-order chi connectivity index (χ1) is 11.6. The Kier molecular flexibility index (Phi) is 7.61. The average Bonchev–Trinajstić information content (AvgIpc) is 2.99. The zero-order valence-corrected chi connectivity index (χ0v) is 15.2. The first-order valence-corrected chi connectivity index (χ1v) is 9.20. The summed E-state index contributed by atoms with van der Waals surface area (Å²) in [6.45, 7) is 8.76. The van der Waals surface area contributed by atoms with Crippen molar-refractivity contribution in [2.24, 2.45) is 0 Å². The monoisotopic (exact) mass is 354 g/mol. The van der Waals surface area contributed by atoms with Crippen LogP contribution in [0.3, 0.4) is 0 Å². The van der Waals surface area contributed by atoms with E-state index in [9.17, 15) is 9.59 Å². The molecule has 0 aromatic carbocycles. The van der Waals surface area contributed by atoms with E-state index in [-0.39, 0.29) is 18.4 Å². The topological polar surface area (TPSA) is 74.8 Å². The van der Waals surface area contributed by atoms with E-state index in [2.05, 4.69) is 15.2 Å². The molecule has 1 aromatic heterocycles. The third-order valence-electron chi connectivity index (χ3n) is 3.86. The Labute approximate surface area is 147 Å². The van der Waals surface area contributed by atoms with E-state index in [0.717, 1.165) is 44.1 Å². The van der Waals surface area contributed by atoms with E-state index in [1.807, 2.05) is 13.8 Å². The number of hydrogen-bond donors (Lipinski definition) is 1. The summed E-state index contributed by atoms with van der Waals surface area (Å²) < 4.78 is 5.33. The van der Waals surface area contributed by atoms with Crippen LogP contribution in [0.25, 0.3) is 0 Å². The molecule has 1 fully saturated rings. The van der Waals surface area contributed by atoms with Gasteiger partial charge in [-0.25, -0.2) is 4.98 Å². The fraction of sp³-hybridized carbons (Fsp3) is 0.688. The van der Waals surface area contributed by atoms with Gasteiger partial charge in [-0.15, -0.1) is 11.3 Å². The average molecular weight is 354 g/mol. The summed E-state index contributed by atoms with van der Waals surface area (Å²) in [5, 5.41) is 3.34. The largest absolute Gasteiger partial charge is 0.379 e. The van der Waals surface area contributed by atoms with Crippen molar-refractivity contribution >= 4 is 28.3 Å². The number of nitrogens with zero attached hydrogens (tertiary/aromatic N) is 3. The van der Waals surface area contributed by atoms with Gasteiger partial charge in [0, 0.05) is 43.7 Å². The Hall–Kier alpha value is -1.51. The number of rotatable bonds is 8. The number of hydrogen-bond acceptors (Lipinski definition) is 6. The highest BCUT2D eigenvalue weighted by atomic mass is 32.1. The predicted molar refractivity (Wildman–Crippen MR) is 94.2 cm³/mol. The van der Waals surface area contributed by atoms with Crippen LogP contribution in [0.15, 0.2) is 6.20 Å². The van der Waals surface area contributed by atoms with E-state index >= 15 is 0 Å². The molecule has 2 rings (SSSR count). The molecule has 0 unspecified atom stereocenters. The Bertz CT molecular complexity index is 543. The normalized spacial score (nSPS) is 15.2. The molecule has 1 aliphatic heterocycles. The standard InChI is InChI=1S/C16H26N4O3S/c1-3-15(22)20(6-4-5-19-7-9-23-10-8-19)12-14(21)18-16-17-11-13(2)24-16/h11H,3-10,12H2,1-2H3,(H,17,18,21). The summed E-state index contributed by atoms with van der Waals surface area (Å²) in [5.41, 5.74) is 0. The first kappa shape index (κ1) is 18.8. The number of morpholine rings is 1. The number of carbonyl (C=O) groups is 2. The number of ether oxygens (including phenoxy) is 1. The third kappa shape index (κ3) is 6.18. The predicted octanol–water partition coefficient (Wildman–Crippen LogP) is 1.35. The smallest absolute Gasteiger partial charge is 0.245 e. The molecule has 24 heavy (non-hydrogen) atoms. The van der Waals surface area contributed by atoms with Crippen LogP contribution in [0.2, 0.25) is 0 Å². The van der Waals surface area contributed by atoms with E-state index < -0.39 is 0 Å². The molecule has 7 nitrogen and oxygen atoms in total. The van der Waals surface area contributed by atoms with Gasteiger partial charge >= 0.3 is 0 Å². The molecule has 0 aliphatic carbocycles. The molecule has 0 saturated carbocycles. The van der Waals surface area contributed by atoms with Gasteiger partial charge in [-0.2, -0.15) is 0 Å². The van der Waals surface area contributed by atoms with Gasteiger partial charge in [0.05, 0.1) is 19.8 Å². The van der Waals surface area contributed by atoms with Gasteiger partial charge in [0.2, 0.25) is 11.8 Å². The van der Waals surface area contributed by atoms with Crippen LogP contribution in [0.4, 0.5) is 5.13 Å². The number of amides is 2. The first-order valence-electron chi connectivity index (χ1n) is 8.38. The minimum atomic E-state index is -0.197. The van der Waals surface area contributed by atoms with Gasteiger partial charge < -0.3 is 15.0 Å². The van der Waals surface area contributed by atoms with Crippen LogP contribution >= 0.6 is 11.3 Å². The maximum absolute atomic E-state index is 12.2. The van der Waals surface area contributed by atoms with Crippen molar-refractivity contribution in [3.63, 3.8) is 0 Å². The minimum Gasteiger partial charge on any atom is -0.379 e. The lowest BCUT2D eigenvalue weighted by Crippen LogP contribution is -2.41. The van der Waals surface area contributed by atoms with Crippen LogP contribution in [0.1, 0.15) is 24.6 Å². The van der Waals surface area contributed by atoms with Gasteiger partial charge in [0.15, 0.2) is 5.13 Å². The molecule has 2 amide bonds. The van der Waals surface area contributed by atoms with Crippen LogP contribution in [-0.2, 0) is 14.3 Å². The summed E-state index contributed by atoms with van der Waals surface area (Å²) in [6.07, 6.45) is 2.98. The lowest BCUT2D eigenvalue weighted by Gasteiger charge is -2.28. The van der Waals surface area contributed by atoms with Crippen LogP contribution in [0.5, 0.6) is 0 Å². The van der Waals surface area contributed by atoms with Crippen LogP contribution in [0, 0.1) is 6.92 Å². The van der Waals surface area contributed by atoms with E-state index in [0.29, 0.717) is 18.1 Å². The summed E-state index contributed by atoms with van der Waals surface area (Å²) in [6, 6.07) is 0. The van der Waals surface area contributed by atoms with Gasteiger partial charge in [0.25, 0.3) is 0 Å². The molecule has 134 valence electrons. The van der Waals surface area contributed by atoms with Gasteiger partial charge in [0.1, 0.15) is 0 Å². The van der Waals surface area contributed by atoms with E-state index in [1.165, 1.54) is 11.3 Å². The molecule has 1 saturated heterocycles.